The van der Waals surface area contributed by atoms with Gasteiger partial charge in [-0.25, -0.2) is 0 Å². The summed E-state index contributed by atoms with van der Waals surface area (Å²) in [5, 5.41) is 3.13. The average Bonchev–Trinajstić information content (AvgIpc) is 2.04. The van der Waals surface area contributed by atoms with E-state index in [1.165, 1.54) is 6.92 Å². The summed E-state index contributed by atoms with van der Waals surface area (Å²) >= 11 is 0. The number of esters is 1. The number of carbonyl (C=O) groups excluding carboxylic acids is 1. The molecule has 0 saturated heterocycles. The van der Waals surface area contributed by atoms with Gasteiger partial charge in [-0.2, -0.15) is 0 Å². The van der Waals surface area contributed by atoms with Gasteiger partial charge in [0.25, 0.3) is 0 Å². The Labute approximate surface area is 77.7 Å². The molecule has 70 valence electrons. The number of nitrogens with one attached hydrogen (secondary N) is 1. The van der Waals surface area contributed by atoms with Crippen LogP contribution in [0.1, 0.15) is 13.8 Å². The van der Waals surface area contributed by atoms with E-state index in [4.69, 9.17) is 4.74 Å². The second kappa shape index (κ2) is 4.50. The van der Waals surface area contributed by atoms with Crippen LogP contribution in [0.15, 0.2) is 24.3 Å². The molecule has 0 spiro atoms. The van der Waals surface area contributed by atoms with E-state index in [1.807, 2.05) is 19.1 Å². The molecule has 3 nitrogen and oxygen atoms in total. The Bertz CT molecular complexity index is 297. The van der Waals surface area contributed by atoms with Crippen molar-refractivity contribution in [3.8, 4) is 5.75 Å². The van der Waals surface area contributed by atoms with Crippen molar-refractivity contribution in [1.82, 2.24) is 0 Å². The highest BCUT2D eigenvalue weighted by molar-refractivity contribution is 5.69. The van der Waals surface area contributed by atoms with E-state index in [0.717, 1.165) is 12.2 Å². The minimum absolute atomic E-state index is 0.298. The van der Waals surface area contributed by atoms with Crippen LogP contribution in [-0.4, -0.2) is 12.5 Å². The van der Waals surface area contributed by atoms with Crippen molar-refractivity contribution in [3.63, 3.8) is 0 Å². The SMILES string of the molecule is CCNc1cccc(OC(C)=O)c1. The van der Waals surface area contributed by atoms with Crippen molar-refractivity contribution in [2.24, 2.45) is 0 Å². The van der Waals surface area contributed by atoms with E-state index in [2.05, 4.69) is 5.32 Å². The zero-order valence-corrected chi connectivity index (χ0v) is 7.83. The van der Waals surface area contributed by atoms with Crippen molar-refractivity contribution >= 4 is 11.7 Å². The molecule has 0 bridgehead atoms. The van der Waals surface area contributed by atoms with E-state index in [1.54, 1.807) is 12.1 Å². The van der Waals surface area contributed by atoms with Crippen LogP contribution in [0, 0.1) is 0 Å². The number of carbonyl (C=O) groups is 1. The maximum absolute atomic E-state index is 10.6. The van der Waals surface area contributed by atoms with Gasteiger partial charge in [0.2, 0.25) is 0 Å². The van der Waals surface area contributed by atoms with Crippen LogP contribution in [0.25, 0.3) is 0 Å². The molecule has 0 fully saturated rings. The molecular formula is C10H13NO2. The van der Waals surface area contributed by atoms with Crippen molar-refractivity contribution in [2.45, 2.75) is 13.8 Å². The van der Waals surface area contributed by atoms with Crippen molar-refractivity contribution < 1.29 is 9.53 Å². The van der Waals surface area contributed by atoms with E-state index >= 15 is 0 Å². The Balaban J connectivity index is 2.73. The first kappa shape index (κ1) is 9.58. The molecule has 0 radical (unpaired) electrons. The van der Waals surface area contributed by atoms with Gasteiger partial charge in [-0.05, 0) is 19.1 Å². The lowest BCUT2D eigenvalue weighted by Crippen LogP contribution is -2.02. The predicted molar refractivity (Wildman–Crippen MR) is 51.9 cm³/mol. The van der Waals surface area contributed by atoms with Gasteiger partial charge in [0.1, 0.15) is 5.75 Å². The first-order valence-electron chi connectivity index (χ1n) is 4.24. The molecule has 1 aromatic carbocycles. The van der Waals surface area contributed by atoms with Gasteiger partial charge in [0.05, 0.1) is 0 Å². The van der Waals surface area contributed by atoms with Crippen LogP contribution in [0.2, 0.25) is 0 Å². The number of rotatable bonds is 3. The first-order chi connectivity index (χ1) is 6.22. The van der Waals surface area contributed by atoms with Gasteiger partial charge in [-0.3, -0.25) is 4.79 Å². The third-order valence-corrected chi connectivity index (χ3v) is 1.48. The minimum atomic E-state index is -0.298. The maximum atomic E-state index is 10.6. The van der Waals surface area contributed by atoms with E-state index in [9.17, 15) is 4.79 Å². The standard InChI is InChI=1S/C10H13NO2/c1-3-11-9-5-4-6-10(7-9)13-8(2)12/h4-7,11H,3H2,1-2H3. The largest absolute Gasteiger partial charge is 0.427 e. The van der Waals surface area contributed by atoms with Gasteiger partial charge in [0, 0.05) is 25.2 Å². The molecule has 3 heteroatoms. The Morgan fingerprint density at radius 3 is 2.92 bits per heavy atom. The number of benzene rings is 1. The normalized spacial score (nSPS) is 9.38. The van der Waals surface area contributed by atoms with Crippen LogP contribution in [0.3, 0.4) is 0 Å². The highest BCUT2D eigenvalue weighted by Gasteiger charge is 1.97. The quantitative estimate of drug-likeness (QED) is 0.570. The Morgan fingerprint density at radius 2 is 2.31 bits per heavy atom. The molecule has 1 rings (SSSR count). The molecule has 0 heterocycles. The molecule has 13 heavy (non-hydrogen) atoms. The van der Waals surface area contributed by atoms with Gasteiger partial charge in [0.15, 0.2) is 0 Å². The summed E-state index contributed by atoms with van der Waals surface area (Å²) in [6, 6.07) is 7.32. The highest BCUT2D eigenvalue weighted by atomic mass is 16.5. The second-order valence-electron chi connectivity index (χ2n) is 2.65. The number of hydrogen-bond donors (Lipinski definition) is 1. The van der Waals surface area contributed by atoms with Crippen molar-refractivity contribution in [3.05, 3.63) is 24.3 Å². The third kappa shape index (κ3) is 3.15. The Kier molecular flexibility index (Phi) is 3.31. The van der Waals surface area contributed by atoms with E-state index < -0.39 is 0 Å². The summed E-state index contributed by atoms with van der Waals surface area (Å²) < 4.78 is 4.92. The Hall–Kier alpha value is -1.51. The highest BCUT2D eigenvalue weighted by Crippen LogP contribution is 2.16. The number of anilines is 1. The molecule has 0 unspecified atom stereocenters. The third-order valence-electron chi connectivity index (χ3n) is 1.48. The van der Waals surface area contributed by atoms with Gasteiger partial charge in [-0.15, -0.1) is 0 Å². The van der Waals surface area contributed by atoms with Crippen LogP contribution in [-0.2, 0) is 4.79 Å². The fourth-order valence-corrected chi connectivity index (χ4v) is 1.04. The maximum Gasteiger partial charge on any atom is 0.308 e. The summed E-state index contributed by atoms with van der Waals surface area (Å²) in [4.78, 5) is 10.6. The zero-order valence-electron chi connectivity index (χ0n) is 7.83. The molecule has 1 N–H and O–H groups in total. The molecule has 0 atom stereocenters. The summed E-state index contributed by atoms with van der Waals surface area (Å²) in [5.74, 6) is 0.277. The minimum Gasteiger partial charge on any atom is -0.427 e. The monoisotopic (exact) mass is 179 g/mol. The molecule has 0 aliphatic carbocycles. The second-order valence-corrected chi connectivity index (χ2v) is 2.65. The van der Waals surface area contributed by atoms with Crippen molar-refractivity contribution in [1.29, 1.82) is 0 Å². The Morgan fingerprint density at radius 1 is 1.54 bits per heavy atom. The molecular weight excluding hydrogens is 166 g/mol. The summed E-state index contributed by atoms with van der Waals surface area (Å²) in [7, 11) is 0. The van der Waals surface area contributed by atoms with Crippen LogP contribution in [0.4, 0.5) is 5.69 Å². The van der Waals surface area contributed by atoms with Crippen LogP contribution >= 0.6 is 0 Å². The molecule has 0 saturated carbocycles. The molecule has 0 aliphatic rings. The average molecular weight is 179 g/mol. The molecule has 0 aromatic heterocycles. The van der Waals surface area contributed by atoms with E-state index in [-0.39, 0.29) is 5.97 Å². The summed E-state index contributed by atoms with van der Waals surface area (Å²) in [6.45, 7) is 4.25. The van der Waals surface area contributed by atoms with Gasteiger partial charge in [-0.1, -0.05) is 6.07 Å². The molecule has 1 aromatic rings. The van der Waals surface area contributed by atoms with Crippen LogP contribution < -0.4 is 10.1 Å². The van der Waals surface area contributed by atoms with Crippen molar-refractivity contribution in [2.75, 3.05) is 11.9 Å². The summed E-state index contributed by atoms with van der Waals surface area (Å²) in [5.41, 5.74) is 0.959. The molecule has 0 amide bonds. The first-order valence-corrected chi connectivity index (χ1v) is 4.24. The lowest BCUT2D eigenvalue weighted by atomic mass is 10.3. The van der Waals surface area contributed by atoms with E-state index in [0.29, 0.717) is 5.75 Å². The smallest absolute Gasteiger partial charge is 0.308 e. The van der Waals surface area contributed by atoms with Gasteiger partial charge >= 0.3 is 5.97 Å². The number of ether oxygens (including phenoxy) is 1. The zero-order chi connectivity index (χ0) is 9.68. The lowest BCUT2D eigenvalue weighted by molar-refractivity contribution is -0.131. The molecule has 0 aliphatic heterocycles. The lowest BCUT2D eigenvalue weighted by Gasteiger charge is -2.05. The van der Waals surface area contributed by atoms with Gasteiger partial charge < -0.3 is 10.1 Å². The van der Waals surface area contributed by atoms with Crippen LogP contribution in [0.5, 0.6) is 5.75 Å². The number of hydrogen-bond acceptors (Lipinski definition) is 3. The fourth-order valence-electron chi connectivity index (χ4n) is 1.04. The predicted octanol–water partition coefficient (Wildman–Crippen LogP) is 2.04. The topological polar surface area (TPSA) is 38.3 Å². The fraction of sp³-hybridized carbons (Fsp3) is 0.300. The summed E-state index contributed by atoms with van der Waals surface area (Å²) in [6.07, 6.45) is 0.